The van der Waals surface area contributed by atoms with Gasteiger partial charge >= 0.3 is 6.18 Å². The highest BCUT2D eigenvalue weighted by atomic mass is 19.4. The van der Waals surface area contributed by atoms with Crippen LogP contribution < -0.4 is 11.1 Å². The Kier molecular flexibility index (Phi) is 7.26. The second kappa shape index (κ2) is 9.76. The number of nitrogen functional groups attached to an aromatic ring is 1. The molecule has 3 N–H and O–H groups in total. The van der Waals surface area contributed by atoms with Gasteiger partial charge in [0.2, 0.25) is 0 Å². The summed E-state index contributed by atoms with van der Waals surface area (Å²) in [7, 11) is 0. The Morgan fingerprint density at radius 1 is 1.28 bits per heavy atom. The molecule has 0 aromatic carbocycles. The van der Waals surface area contributed by atoms with E-state index in [2.05, 4.69) is 20.3 Å². The number of rotatable bonds is 3. The maximum atomic E-state index is 12.0. The first-order valence-electron chi connectivity index (χ1n) is 9.86. The van der Waals surface area contributed by atoms with E-state index in [1.165, 1.54) is 0 Å². The highest BCUT2D eigenvalue weighted by molar-refractivity contribution is 5.92. The third-order valence-electron chi connectivity index (χ3n) is 4.63. The van der Waals surface area contributed by atoms with Crippen LogP contribution in [0.1, 0.15) is 36.5 Å². The van der Waals surface area contributed by atoms with Gasteiger partial charge in [0.05, 0.1) is 18.5 Å². The molecular formula is C20H24F3N5O4. The number of nitrogens with zero attached hydrogens (tertiary/aromatic N) is 3. The number of hydrogen-bond acceptors (Lipinski definition) is 8. The molecule has 2 aromatic heterocycles. The van der Waals surface area contributed by atoms with Crippen LogP contribution in [0.5, 0.6) is 0 Å². The van der Waals surface area contributed by atoms with Crippen LogP contribution in [0.2, 0.25) is 0 Å². The average Bonchev–Trinajstić information content (AvgIpc) is 3.07. The van der Waals surface area contributed by atoms with Crippen LogP contribution in [0.4, 0.5) is 19.0 Å². The van der Waals surface area contributed by atoms with Gasteiger partial charge in [-0.1, -0.05) is 6.07 Å². The number of hydrogen-bond donors (Lipinski definition) is 2. The summed E-state index contributed by atoms with van der Waals surface area (Å²) in [6, 6.07) is 5.24. The molecule has 9 nitrogen and oxygen atoms in total. The number of nitrogens with two attached hydrogens (primary N) is 1. The van der Waals surface area contributed by atoms with E-state index in [-0.39, 0.29) is 30.0 Å². The van der Waals surface area contributed by atoms with Crippen LogP contribution in [-0.4, -0.2) is 58.1 Å². The number of anilines is 1. The lowest BCUT2D eigenvalue weighted by Crippen LogP contribution is -2.48. The van der Waals surface area contributed by atoms with Crippen molar-refractivity contribution < 1.29 is 32.2 Å². The Hall–Kier alpha value is -2.83. The van der Waals surface area contributed by atoms with Crippen molar-refractivity contribution in [1.82, 2.24) is 20.3 Å². The molecule has 0 bridgehead atoms. The molecule has 2 aliphatic rings. The summed E-state index contributed by atoms with van der Waals surface area (Å²) in [5.41, 5.74) is 4.31. The van der Waals surface area contributed by atoms with Gasteiger partial charge in [0.15, 0.2) is 11.5 Å². The molecule has 1 amide bonds. The summed E-state index contributed by atoms with van der Waals surface area (Å²) in [5.74, 6) is -1.04. The summed E-state index contributed by atoms with van der Waals surface area (Å²) in [5, 5.41) is 2.85. The van der Waals surface area contributed by atoms with Crippen molar-refractivity contribution >= 4 is 11.7 Å². The van der Waals surface area contributed by atoms with E-state index >= 15 is 0 Å². The topological polar surface area (TPSA) is 121 Å². The summed E-state index contributed by atoms with van der Waals surface area (Å²) in [6.45, 7) is 4.80. The lowest BCUT2D eigenvalue weighted by atomic mass is 10.0. The molecule has 3 unspecified atom stereocenters. The second-order valence-corrected chi connectivity index (χ2v) is 7.59. The highest BCUT2D eigenvalue weighted by Gasteiger charge is 2.47. The lowest BCUT2D eigenvalue weighted by molar-refractivity contribution is -0.153. The molecule has 0 radical (unpaired) electrons. The Morgan fingerprint density at radius 2 is 2.06 bits per heavy atom. The van der Waals surface area contributed by atoms with Crippen LogP contribution in [-0.2, 0) is 20.4 Å². The van der Waals surface area contributed by atoms with E-state index in [0.29, 0.717) is 25.0 Å². The minimum absolute atomic E-state index is 0.0329. The number of ether oxygens (including phenoxy) is 3. The van der Waals surface area contributed by atoms with Gasteiger partial charge in [0.25, 0.3) is 5.91 Å². The van der Waals surface area contributed by atoms with E-state index in [9.17, 15) is 18.0 Å². The third kappa shape index (κ3) is 6.34. The number of aromatic nitrogens is 3. The van der Waals surface area contributed by atoms with Crippen LogP contribution in [0.3, 0.4) is 0 Å². The monoisotopic (exact) mass is 455 g/mol. The molecule has 12 heteroatoms. The summed E-state index contributed by atoms with van der Waals surface area (Å²) in [4.78, 5) is 22.3. The van der Waals surface area contributed by atoms with Crippen molar-refractivity contribution in [3.8, 4) is 0 Å². The second-order valence-electron chi connectivity index (χ2n) is 7.59. The molecule has 4 rings (SSSR count). The summed E-state index contributed by atoms with van der Waals surface area (Å²) >= 11 is 0. The maximum absolute atomic E-state index is 12.0. The molecule has 3 atom stereocenters. The van der Waals surface area contributed by atoms with Crippen LogP contribution in [0, 0.1) is 0 Å². The van der Waals surface area contributed by atoms with Gasteiger partial charge in [-0.15, -0.1) is 0 Å². The molecule has 2 fully saturated rings. The highest BCUT2D eigenvalue weighted by Crippen LogP contribution is 2.35. The van der Waals surface area contributed by atoms with Gasteiger partial charge < -0.3 is 25.3 Å². The van der Waals surface area contributed by atoms with E-state index in [1.807, 2.05) is 13.8 Å². The van der Waals surface area contributed by atoms with E-state index < -0.39 is 17.7 Å². The minimum Gasteiger partial charge on any atom is -0.382 e. The van der Waals surface area contributed by atoms with Crippen molar-refractivity contribution in [2.45, 2.75) is 50.5 Å². The molecule has 0 aliphatic carbocycles. The Labute approximate surface area is 182 Å². The van der Waals surface area contributed by atoms with Crippen molar-refractivity contribution in [2.75, 3.05) is 18.9 Å². The van der Waals surface area contributed by atoms with E-state index in [0.717, 1.165) is 12.6 Å². The van der Waals surface area contributed by atoms with Crippen LogP contribution >= 0.6 is 0 Å². The number of pyridine rings is 1. The molecule has 0 spiro atoms. The first kappa shape index (κ1) is 23.8. The zero-order valence-electron chi connectivity index (χ0n) is 17.5. The van der Waals surface area contributed by atoms with Gasteiger partial charge in [-0.25, -0.2) is 4.98 Å². The maximum Gasteiger partial charge on any atom is 0.434 e. The molecular weight excluding hydrogens is 431 g/mol. The molecule has 4 heterocycles. The average molecular weight is 455 g/mol. The minimum atomic E-state index is -4.47. The molecule has 174 valence electrons. The van der Waals surface area contributed by atoms with Crippen molar-refractivity contribution in [2.24, 2.45) is 0 Å². The summed E-state index contributed by atoms with van der Waals surface area (Å²) in [6.07, 6.45) is -0.688. The Balaban J connectivity index is 0.000000222. The smallest absolute Gasteiger partial charge is 0.382 e. The fraction of sp³-hybridized carbons (Fsp3) is 0.500. The largest absolute Gasteiger partial charge is 0.434 e. The fourth-order valence-corrected chi connectivity index (χ4v) is 3.31. The number of halogens is 3. The first-order valence-corrected chi connectivity index (χ1v) is 9.86. The van der Waals surface area contributed by atoms with Gasteiger partial charge in [-0.3, -0.25) is 14.8 Å². The van der Waals surface area contributed by atoms with Gasteiger partial charge in [0.1, 0.15) is 23.7 Å². The van der Waals surface area contributed by atoms with Gasteiger partial charge in [0, 0.05) is 19.3 Å². The quantitative estimate of drug-likeness (QED) is 0.723. The van der Waals surface area contributed by atoms with Crippen LogP contribution in [0.15, 0.2) is 36.8 Å². The van der Waals surface area contributed by atoms with Crippen LogP contribution in [0.25, 0.3) is 0 Å². The van der Waals surface area contributed by atoms with Crippen molar-refractivity contribution in [3.63, 3.8) is 0 Å². The standard InChI is InChI=1S/C15H20N2O4.C5H4F3N3/c1-15(2)20-11-6-8-19-12(13(11)21-15)9-17-14(18)10-5-3-4-7-16-10;6-5(7,8)3-1-10-2-4(9)11-3/h3-5,7,11-13H,6,8-9H2,1-2H3,(H,17,18);1-2H,(H2,9,11). The van der Waals surface area contributed by atoms with Crippen molar-refractivity contribution in [3.05, 3.63) is 48.2 Å². The number of carbonyl (C=O) groups excluding carboxylic acids is 1. The predicted molar refractivity (Wildman–Crippen MR) is 106 cm³/mol. The SMILES string of the molecule is CC1(C)OC2CCOC(CNC(=O)c3ccccn3)C2O1.Nc1cncc(C(F)(F)F)n1. The zero-order valence-corrected chi connectivity index (χ0v) is 17.5. The van der Waals surface area contributed by atoms with Gasteiger partial charge in [-0.2, -0.15) is 13.2 Å². The van der Waals surface area contributed by atoms with Gasteiger partial charge in [-0.05, 0) is 32.4 Å². The number of carbonyl (C=O) groups is 1. The first-order chi connectivity index (χ1) is 15.0. The Bertz CT molecular complexity index is 914. The number of alkyl halides is 3. The summed E-state index contributed by atoms with van der Waals surface area (Å²) < 4.78 is 52.9. The third-order valence-corrected chi connectivity index (χ3v) is 4.63. The van der Waals surface area contributed by atoms with E-state index in [4.69, 9.17) is 19.9 Å². The zero-order chi connectivity index (χ0) is 23.4. The number of amides is 1. The molecule has 2 saturated heterocycles. The molecule has 32 heavy (non-hydrogen) atoms. The number of nitrogens with one attached hydrogen (secondary N) is 1. The molecule has 2 aromatic rings. The predicted octanol–water partition coefficient (Wildman–Crippen LogP) is 2.20. The fourth-order valence-electron chi connectivity index (χ4n) is 3.31. The normalized spacial score (nSPS) is 24.1. The molecule has 0 saturated carbocycles. The van der Waals surface area contributed by atoms with Crippen molar-refractivity contribution in [1.29, 1.82) is 0 Å². The van der Waals surface area contributed by atoms with E-state index in [1.54, 1.807) is 24.4 Å². The Morgan fingerprint density at radius 3 is 2.69 bits per heavy atom. The molecule has 2 aliphatic heterocycles. The number of fused-ring (bicyclic) bond motifs is 1. The lowest BCUT2D eigenvalue weighted by Gasteiger charge is -2.31.